The highest BCUT2D eigenvalue weighted by Gasteiger charge is 2.24. The smallest absolute Gasteiger partial charge is 0.272 e. The van der Waals surface area contributed by atoms with Crippen LogP contribution in [-0.4, -0.2) is 28.9 Å². The summed E-state index contributed by atoms with van der Waals surface area (Å²) in [6.07, 6.45) is 0.886. The van der Waals surface area contributed by atoms with Gasteiger partial charge in [-0.2, -0.15) is 0 Å². The third-order valence-corrected chi connectivity index (χ3v) is 5.23. The van der Waals surface area contributed by atoms with E-state index in [1.54, 1.807) is 4.90 Å². The maximum absolute atomic E-state index is 13.2. The lowest BCUT2D eigenvalue weighted by Crippen LogP contribution is -2.35. The molecule has 4 heteroatoms. The fourth-order valence-electron chi connectivity index (χ4n) is 3.13. The first-order valence-electron chi connectivity index (χ1n) is 8.88. The monoisotopic (exact) mass is 366 g/mol. The first-order valence-corrected chi connectivity index (χ1v) is 9.42. The number of rotatable bonds is 5. The molecule has 3 rings (SSSR count). The number of nitrogens with zero attached hydrogens (tertiary/aromatic N) is 2. The number of para-hydroxylation sites is 1. The van der Waals surface area contributed by atoms with E-state index in [0.29, 0.717) is 5.69 Å². The molecule has 0 aliphatic heterocycles. The van der Waals surface area contributed by atoms with Crippen molar-refractivity contribution in [3.05, 3.63) is 65.9 Å². The molecule has 0 N–H and O–H groups in total. The van der Waals surface area contributed by atoms with E-state index in [4.69, 9.17) is 16.6 Å². The van der Waals surface area contributed by atoms with Crippen LogP contribution >= 0.6 is 11.6 Å². The molecule has 0 radical (unpaired) electrons. The lowest BCUT2D eigenvalue weighted by molar-refractivity contribution is 0.0734. The van der Waals surface area contributed by atoms with Crippen LogP contribution in [0.5, 0.6) is 0 Å². The molecule has 0 saturated heterocycles. The van der Waals surface area contributed by atoms with Crippen molar-refractivity contribution in [3.8, 4) is 11.1 Å². The predicted octanol–water partition coefficient (Wildman–Crippen LogP) is 5.51. The number of benzene rings is 2. The molecule has 1 atom stereocenters. The summed E-state index contributed by atoms with van der Waals surface area (Å²) >= 11 is 6.34. The predicted molar refractivity (Wildman–Crippen MR) is 109 cm³/mol. The molecule has 0 saturated carbocycles. The van der Waals surface area contributed by atoms with E-state index in [0.717, 1.165) is 34.0 Å². The molecule has 3 nitrogen and oxygen atoms in total. The van der Waals surface area contributed by atoms with Gasteiger partial charge in [0.05, 0.1) is 11.4 Å². The Morgan fingerprint density at radius 3 is 2.42 bits per heavy atom. The molecule has 3 aromatic rings. The van der Waals surface area contributed by atoms with Crippen molar-refractivity contribution in [3.63, 3.8) is 0 Å². The fourth-order valence-corrected chi connectivity index (χ4v) is 3.39. The first-order chi connectivity index (χ1) is 12.6. The van der Waals surface area contributed by atoms with Crippen LogP contribution in [0.1, 0.15) is 36.3 Å². The molecule has 1 unspecified atom stereocenters. The summed E-state index contributed by atoms with van der Waals surface area (Å²) in [4.78, 5) is 19.6. The molecule has 1 aromatic heterocycles. The first kappa shape index (κ1) is 18.4. The number of alkyl halides is 1. The summed E-state index contributed by atoms with van der Waals surface area (Å²) in [6, 6.07) is 18.1. The zero-order chi connectivity index (χ0) is 18.7. The lowest BCUT2D eigenvalue weighted by atomic mass is 9.94. The second-order valence-corrected chi connectivity index (χ2v) is 6.77. The van der Waals surface area contributed by atoms with Crippen LogP contribution in [0.25, 0.3) is 22.0 Å². The second kappa shape index (κ2) is 7.88. The minimum Gasteiger partial charge on any atom is -0.338 e. The third kappa shape index (κ3) is 3.32. The normalized spacial score (nSPS) is 12.2. The Balaban J connectivity index is 2.30. The van der Waals surface area contributed by atoms with E-state index in [1.807, 2.05) is 68.6 Å². The Hall–Kier alpha value is -2.39. The molecule has 0 fully saturated rings. The van der Waals surface area contributed by atoms with E-state index in [-0.39, 0.29) is 17.8 Å². The van der Waals surface area contributed by atoms with Gasteiger partial charge in [-0.15, -0.1) is 11.6 Å². The van der Waals surface area contributed by atoms with Crippen LogP contribution < -0.4 is 0 Å². The standard InChI is InChI=1S/C22H23ClN2O/c1-4-15(2)25(3)22(26)21-18(14-23)20(16-10-6-5-7-11-16)17-12-8-9-13-19(17)24-21/h5-13,15H,4,14H2,1-3H3. The van der Waals surface area contributed by atoms with Gasteiger partial charge in [0, 0.05) is 24.0 Å². The summed E-state index contributed by atoms with van der Waals surface area (Å²) in [7, 11) is 1.83. The van der Waals surface area contributed by atoms with Gasteiger partial charge in [0.25, 0.3) is 5.91 Å². The molecule has 1 amide bonds. The zero-order valence-electron chi connectivity index (χ0n) is 15.4. The maximum atomic E-state index is 13.2. The van der Waals surface area contributed by atoms with Gasteiger partial charge >= 0.3 is 0 Å². The Morgan fingerprint density at radius 1 is 1.12 bits per heavy atom. The Bertz CT molecular complexity index is 924. The largest absolute Gasteiger partial charge is 0.338 e. The van der Waals surface area contributed by atoms with Gasteiger partial charge in [0.2, 0.25) is 0 Å². The van der Waals surface area contributed by atoms with Gasteiger partial charge in [-0.25, -0.2) is 4.98 Å². The minimum absolute atomic E-state index is 0.0852. The van der Waals surface area contributed by atoms with Crippen LogP contribution in [0.2, 0.25) is 0 Å². The fraction of sp³-hybridized carbons (Fsp3) is 0.273. The van der Waals surface area contributed by atoms with Crippen molar-refractivity contribution >= 4 is 28.4 Å². The molecule has 0 spiro atoms. The second-order valence-electron chi connectivity index (χ2n) is 6.50. The Morgan fingerprint density at radius 2 is 1.77 bits per heavy atom. The quantitative estimate of drug-likeness (QED) is 0.558. The molecule has 0 bridgehead atoms. The number of carbonyl (C=O) groups excluding carboxylic acids is 1. The van der Waals surface area contributed by atoms with Crippen molar-refractivity contribution in [2.75, 3.05) is 7.05 Å². The SMILES string of the molecule is CCC(C)N(C)C(=O)c1nc2ccccc2c(-c2ccccc2)c1CCl. The van der Waals surface area contributed by atoms with Crippen LogP contribution in [0.3, 0.4) is 0 Å². The molecular formula is C22H23ClN2O. The van der Waals surface area contributed by atoms with Crippen molar-refractivity contribution in [1.29, 1.82) is 0 Å². The summed E-state index contributed by atoms with van der Waals surface area (Å²) in [6.45, 7) is 4.11. The van der Waals surface area contributed by atoms with Gasteiger partial charge in [-0.05, 0) is 30.5 Å². The van der Waals surface area contributed by atoms with Crippen LogP contribution in [-0.2, 0) is 5.88 Å². The van der Waals surface area contributed by atoms with Crippen molar-refractivity contribution < 1.29 is 4.79 Å². The van der Waals surface area contributed by atoms with Crippen LogP contribution in [0.4, 0.5) is 0 Å². The Kier molecular flexibility index (Phi) is 5.58. The van der Waals surface area contributed by atoms with Gasteiger partial charge in [0.1, 0.15) is 5.69 Å². The number of pyridine rings is 1. The molecule has 26 heavy (non-hydrogen) atoms. The van der Waals surface area contributed by atoms with Gasteiger partial charge in [-0.1, -0.05) is 55.5 Å². The number of hydrogen-bond donors (Lipinski definition) is 0. The van der Waals surface area contributed by atoms with E-state index >= 15 is 0 Å². The summed E-state index contributed by atoms with van der Waals surface area (Å²) < 4.78 is 0. The molecular weight excluding hydrogens is 344 g/mol. The highest BCUT2D eigenvalue weighted by atomic mass is 35.5. The van der Waals surface area contributed by atoms with E-state index < -0.39 is 0 Å². The van der Waals surface area contributed by atoms with Crippen molar-refractivity contribution in [2.24, 2.45) is 0 Å². The van der Waals surface area contributed by atoms with Gasteiger partial charge < -0.3 is 4.90 Å². The summed E-state index contributed by atoms with van der Waals surface area (Å²) in [5.74, 6) is 0.148. The highest BCUT2D eigenvalue weighted by molar-refractivity contribution is 6.19. The number of halogens is 1. The maximum Gasteiger partial charge on any atom is 0.272 e. The van der Waals surface area contributed by atoms with Gasteiger partial charge in [0.15, 0.2) is 0 Å². The lowest BCUT2D eigenvalue weighted by Gasteiger charge is -2.25. The van der Waals surface area contributed by atoms with Crippen molar-refractivity contribution in [1.82, 2.24) is 9.88 Å². The van der Waals surface area contributed by atoms with E-state index in [9.17, 15) is 4.79 Å². The number of hydrogen-bond acceptors (Lipinski definition) is 2. The average molecular weight is 367 g/mol. The average Bonchev–Trinajstić information content (AvgIpc) is 2.71. The van der Waals surface area contributed by atoms with Crippen LogP contribution in [0, 0.1) is 0 Å². The van der Waals surface area contributed by atoms with E-state index in [1.165, 1.54) is 0 Å². The Labute approximate surface area is 159 Å². The van der Waals surface area contributed by atoms with E-state index in [2.05, 4.69) is 6.92 Å². The topological polar surface area (TPSA) is 33.2 Å². The molecule has 0 aliphatic carbocycles. The highest BCUT2D eigenvalue weighted by Crippen LogP contribution is 2.34. The number of carbonyl (C=O) groups is 1. The summed E-state index contributed by atoms with van der Waals surface area (Å²) in [5.41, 5.74) is 4.08. The molecule has 1 heterocycles. The minimum atomic E-state index is -0.0852. The molecule has 134 valence electrons. The van der Waals surface area contributed by atoms with Crippen LogP contribution in [0.15, 0.2) is 54.6 Å². The zero-order valence-corrected chi connectivity index (χ0v) is 16.1. The number of aromatic nitrogens is 1. The third-order valence-electron chi connectivity index (χ3n) is 4.96. The molecule has 0 aliphatic rings. The number of fused-ring (bicyclic) bond motifs is 1. The number of amides is 1. The molecule has 2 aromatic carbocycles. The van der Waals surface area contributed by atoms with Crippen molar-refractivity contribution in [2.45, 2.75) is 32.2 Å². The van der Waals surface area contributed by atoms with Gasteiger partial charge in [-0.3, -0.25) is 4.79 Å². The summed E-state index contributed by atoms with van der Waals surface area (Å²) in [5, 5.41) is 1.01.